The molecule has 0 radical (unpaired) electrons. The Kier molecular flexibility index (Phi) is 3.45. The largest absolute Gasteiger partial charge is 0.317 e. The second-order valence-corrected chi connectivity index (χ2v) is 4.93. The molecule has 0 amide bonds. The summed E-state index contributed by atoms with van der Waals surface area (Å²) in [4.78, 5) is 2.79. The Bertz CT molecular complexity index is 167. The van der Waals surface area contributed by atoms with Gasteiger partial charge in [0, 0.05) is 18.1 Å². The maximum absolute atomic E-state index is 3.47. The average molecular weight is 196 g/mol. The van der Waals surface area contributed by atoms with Crippen molar-refractivity contribution in [1.82, 2.24) is 10.2 Å². The van der Waals surface area contributed by atoms with Crippen molar-refractivity contribution in [3.63, 3.8) is 0 Å². The summed E-state index contributed by atoms with van der Waals surface area (Å²) in [6, 6.07) is 2.57. The van der Waals surface area contributed by atoms with Crippen LogP contribution in [-0.2, 0) is 0 Å². The number of nitrogens with zero attached hydrogens (tertiary/aromatic N) is 1. The van der Waals surface area contributed by atoms with Gasteiger partial charge >= 0.3 is 0 Å². The topological polar surface area (TPSA) is 15.3 Å². The van der Waals surface area contributed by atoms with Crippen LogP contribution in [0, 0.1) is 0 Å². The molecule has 0 aromatic carbocycles. The molecule has 0 aromatic rings. The van der Waals surface area contributed by atoms with Crippen molar-refractivity contribution in [3.8, 4) is 0 Å². The van der Waals surface area contributed by atoms with Gasteiger partial charge in [0.2, 0.25) is 0 Å². The third-order valence-corrected chi connectivity index (χ3v) is 4.02. The second-order valence-electron chi connectivity index (χ2n) is 4.93. The molecule has 2 nitrogen and oxygen atoms in total. The summed E-state index contributed by atoms with van der Waals surface area (Å²) in [7, 11) is 2.12. The predicted molar refractivity (Wildman–Crippen MR) is 60.5 cm³/mol. The van der Waals surface area contributed by atoms with Gasteiger partial charge in [0.05, 0.1) is 0 Å². The van der Waals surface area contributed by atoms with E-state index in [4.69, 9.17) is 0 Å². The van der Waals surface area contributed by atoms with Crippen molar-refractivity contribution in [2.24, 2.45) is 0 Å². The van der Waals surface area contributed by atoms with E-state index in [9.17, 15) is 0 Å². The Morgan fingerprint density at radius 1 is 1.21 bits per heavy atom. The first-order valence-electron chi connectivity index (χ1n) is 6.28. The van der Waals surface area contributed by atoms with Crippen LogP contribution in [0.2, 0.25) is 0 Å². The van der Waals surface area contributed by atoms with Crippen LogP contribution >= 0.6 is 0 Å². The van der Waals surface area contributed by atoms with Crippen molar-refractivity contribution in [3.05, 3.63) is 0 Å². The highest BCUT2D eigenvalue weighted by molar-refractivity contribution is 4.94. The Hall–Kier alpha value is -0.0800. The van der Waals surface area contributed by atoms with Gasteiger partial charge in [-0.2, -0.15) is 0 Å². The van der Waals surface area contributed by atoms with Gasteiger partial charge in [-0.1, -0.05) is 13.3 Å². The minimum Gasteiger partial charge on any atom is -0.317 e. The van der Waals surface area contributed by atoms with E-state index in [0.717, 1.165) is 18.1 Å². The summed E-state index contributed by atoms with van der Waals surface area (Å²) in [6.45, 7) is 3.63. The van der Waals surface area contributed by atoms with Gasteiger partial charge in [0.15, 0.2) is 0 Å². The zero-order valence-electron chi connectivity index (χ0n) is 9.63. The van der Waals surface area contributed by atoms with Crippen molar-refractivity contribution in [2.45, 2.75) is 63.6 Å². The van der Waals surface area contributed by atoms with Gasteiger partial charge in [-0.05, 0) is 45.7 Å². The molecule has 0 saturated carbocycles. The molecule has 0 aliphatic carbocycles. The summed E-state index contributed by atoms with van der Waals surface area (Å²) in [6.07, 6.45) is 8.42. The summed E-state index contributed by atoms with van der Waals surface area (Å²) in [5.41, 5.74) is 0. The highest BCUT2D eigenvalue weighted by Gasteiger charge is 2.36. The third kappa shape index (κ3) is 1.96. The van der Waals surface area contributed by atoms with Crippen molar-refractivity contribution >= 4 is 0 Å². The summed E-state index contributed by atoms with van der Waals surface area (Å²) in [5.74, 6) is 0. The summed E-state index contributed by atoms with van der Waals surface area (Å²) < 4.78 is 0. The first-order chi connectivity index (χ1) is 6.85. The van der Waals surface area contributed by atoms with E-state index in [-0.39, 0.29) is 0 Å². The van der Waals surface area contributed by atoms with Crippen molar-refractivity contribution in [2.75, 3.05) is 13.6 Å². The van der Waals surface area contributed by atoms with Crippen LogP contribution in [-0.4, -0.2) is 36.6 Å². The molecule has 1 N–H and O–H groups in total. The monoisotopic (exact) mass is 196 g/mol. The Labute approximate surface area is 88.1 Å². The number of hydrogen-bond donors (Lipinski definition) is 1. The van der Waals surface area contributed by atoms with Gasteiger partial charge in [-0.3, -0.25) is 4.90 Å². The third-order valence-electron chi connectivity index (χ3n) is 4.02. The lowest BCUT2D eigenvalue weighted by Crippen LogP contribution is -2.55. The molecule has 2 atom stereocenters. The summed E-state index contributed by atoms with van der Waals surface area (Å²) >= 11 is 0. The maximum Gasteiger partial charge on any atom is 0.0113 e. The molecule has 2 heteroatoms. The second kappa shape index (κ2) is 4.63. The Morgan fingerprint density at radius 2 is 1.86 bits per heavy atom. The molecule has 14 heavy (non-hydrogen) atoms. The van der Waals surface area contributed by atoms with Crippen LogP contribution in [0.3, 0.4) is 0 Å². The molecule has 2 fully saturated rings. The molecular formula is C12H24N2. The van der Waals surface area contributed by atoms with Crippen LogP contribution in [0.25, 0.3) is 0 Å². The molecule has 2 saturated heterocycles. The fraction of sp³-hybridized carbons (Fsp3) is 1.00. The molecular weight excluding hydrogens is 172 g/mol. The fourth-order valence-electron chi connectivity index (χ4n) is 3.34. The highest BCUT2D eigenvalue weighted by Crippen LogP contribution is 2.33. The van der Waals surface area contributed by atoms with Crippen LogP contribution in [0.4, 0.5) is 0 Å². The fourth-order valence-corrected chi connectivity index (χ4v) is 3.34. The van der Waals surface area contributed by atoms with E-state index in [1.54, 1.807) is 0 Å². The summed E-state index contributed by atoms with van der Waals surface area (Å²) in [5, 5.41) is 3.47. The molecule has 0 spiro atoms. The van der Waals surface area contributed by atoms with Crippen molar-refractivity contribution in [1.29, 1.82) is 0 Å². The first kappa shape index (κ1) is 10.4. The van der Waals surface area contributed by atoms with E-state index < -0.39 is 0 Å². The molecule has 0 aromatic heterocycles. The smallest absolute Gasteiger partial charge is 0.0113 e. The molecule has 2 unspecified atom stereocenters. The zero-order valence-corrected chi connectivity index (χ0v) is 9.63. The number of nitrogens with one attached hydrogen (secondary N) is 1. The maximum atomic E-state index is 3.47. The van der Waals surface area contributed by atoms with Crippen LogP contribution in [0.15, 0.2) is 0 Å². The Morgan fingerprint density at radius 3 is 2.36 bits per heavy atom. The van der Waals surface area contributed by atoms with Gasteiger partial charge in [-0.15, -0.1) is 0 Å². The lowest BCUT2D eigenvalue weighted by Gasteiger charge is -2.49. The van der Waals surface area contributed by atoms with Gasteiger partial charge in [0.1, 0.15) is 0 Å². The van der Waals surface area contributed by atoms with E-state index in [1.807, 2.05) is 0 Å². The van der Waals surface area contributed by atoms with Crippen LogP contribution in [0.5, 0.6) is 0 Å². The number of hydrogen-bond acceptors (Lipinski definition) is 2. The minimum atomic E-state index is 0.790. The van der Waals surface area contributed by atoms with E-state index >= 15 is 0 Å². The first-order valence-corrected chi connectivity index (χ1v) is 6.28. The van der Waals surface area contributed by atoms with E-state index in [0.29, 0.717) is 0 Å². The SMILES string of the molecule is CCCN1C2CCCC1CC(NC)C2. The lowest BCUT2D eigenvalue weighted by molar-refractivity contribution is 0.0262. The quantitative estimate of drug-likeness (QED) is 0.743. The number of piperidine rings is 2. The standard InChI is InChI=1S/C12H24N2/c1-3-7-14-11-5-4-6-12(14)9-10(8-11)13-2/h10-13H,3-9H2,1-2H3. The normalized spacial score (nSPS) is 38.6. The molecule has 2 bridgehead atoms. The van der Waals surface area contributed by atoms with Gasteiger partial charge in [0.25, 0.3) is 0 Å². The van der Waals surface area contributed by atoms with Crippen LogP contribution < -0.4 is 5.32 Å². The zero-order chi connectivity index (χ0) is 9.97. The van der Waals surface area contributed by atoms with Gasteiger partial charge in [-0.25, -0.2) is 0 Å². The highest BCUT2D eigenvalue weighted by atomic mass is 15.2. The molecule has 2 aliphatic rings. The van der Waals surface area contributed by atoms with E-state index in [1.165, 1.54) is 45.1 Å². The van der Waals surface area contributed by atoms with Crippen LogP contribution in [0.1, 0.15) is 45.4 Å². The van der Waals surface area contributed by atoms with E-state index in [2.05, 4.69) is 24.2 Å². The number of fused-ring (bicyclic) bond motifs is 2. The Balaban J connectivity index is 1.99. The predicted octanol–water partition coefficient (Wildman–Crippen LogP) is 2.00. The minimum absolute atomic E-state index is 0.790. The molecule has 2 heterocycles. The lowest BCUT2D eigenvalue weighted by atomic mass is 9.81. The average Bonchev–Trinajstić information content (AvgIpc) is 2.17. The molecule has 82 valence electrons. The number of rotatable bonds is 3. The van der Waals surface area contributed by atoms with Gasteiger partial charge < -0.3 is 5.32 Å². The van der Waals surface area contributed by atoms with Crippen molar-refractivity contribution < 1.29 is 0 Å². The molecule has 2 rings (SSSR count). The molecule has 2 aliphatic heterocycles.